The summed E-state index contributed by atoms with van der Waals surface area (Å²) in [5, 5.41) is 14.3. The van der Waals surface area contributed by atoms with Gasteiger partial charge in [0, 0.05) is 19.5 Å². The molecule has 1 aliphatic rings. The van der Waals surface area contributed by atoms with E-state index >= 15 is 0 Å². The fourth-order valence-corrected chi connectivity index (χ4v) is 2.76. The van der Waals surface area contributed by atoms with E-state index in [0.29, 0.717) is 24.8 Å². The SMILES string of the molecule is CC1CCCCC1CNC(=O)NCCCCCC(=O)O. The number of rotatable bonds is 8. The lowest BCUT2D eigenvalue weighted by atomic mass is 9.80. The Morgan fingerprint density at radius 2 is 1.85 bits per heavy atom. The summed E-state index contributed by atoms with van der Waals surface area (Å²) in [6, 6.07) is -0.0963. The summed E-state index contributed by atoms with van der Waals surface area (Å²) in [6.07, 6.45) is 7.66. The van der Waals surface area contributed by atoms with Crippen molar-refractivity contribution in [3.8, 4) is 0 Å². The summed E-state index contributed by atoms with van der Waals surface area (Å²) in [4.78, 5) is 21.9. The van der Waals surface area contributed by atoms with E-state index in [9.17, 15) is 9.59 Å². The summed E-state index contributed by atoms with van der Waals surface area (Å²) >= 11 is 0. The molecule has 1 rings (SSSR count). The minimum Gasteiger partial charge on any atom is -0.481 e. The van der Waals surface area contributed by atoms with Crippen molar-refractivity contribution in [1.82, 2.24) is 10.6 Å². The van der Waals surface area contributed by atoms with Gasteiger partial charge in [0.25, 0.3) is 0 Å². The van der Waals surface area contributed by atoms with E-state index in [1.807, 2.05) is 0 Å². The van der Waals surface area contributed by atoms with Crippen LogP contribution in [0.3, 0.4) is 0 Å². The van der Waals surface area contributed by atoms with Crippen LogP contribution in [0.1, 0.15) is 58.3 Å². The summed E-state index contributed by atoms with van der Waals surface area (Å²) in [6.45, 7) is 3.66. The quantitative estimate of drug-likeness (QED) is 0.600. The van der Waals surface area contributed by atoms with Gasteiger partial charge in [0.15, 0.2) is 0 Å². The predicted molar refractivity (Wildman–Crippen MR) is 78.6 cm³/mol. The second-order valence-electron chi connectivity index (χ2n) is 5.86. The Balaban J connectivity index is 1.98. The summed E-state index contributed by atoms with van der Waals surface area (Å²) < 4.78 is 0. The Labute approximate surface area is 121 Å². The topological polar surface area (TPSA) is 78.4 Å². The van der Waals surface area contributed by atoms with Crippen molar-refractivity contribution in [3.05, 3.63) is 0 Å². The highest BCUT2D eigenvalue weighted by Crippen LogP contribution is 2.28. The van der Waals surface area contributed by atoms with Crippen LogP contribution in [0, 0.1) is 11.8 Å². The maximum Gasteiger partial charge on any atom is 0.314 e. The number of carboxylic acid groups (broad SMARTS) is 1. The Bertz CT molecular complexity index is 307. The number of urea groups is 1. The normalized spacial score (nSPS) is 22.2. The van der Waals surface area contributed by atoms with Crippen LogP contribution in [-0.2, 0) is 4.79 Å². The average molecular weight is 284 g/mol. The molecule has 0 aliphatic heterocycles. The molecule has 20 heavy (non-hydrogen) atoms. The number of aliphatic carboxylic acids is 1. The van der Waals surface area contributed by atoms with E-state index in [-0.39, 0.29) is 12.5 Å². The molecule has 0 aromatic heterocycles. The van der Waals surface area contributed by atoms with Gasteiger partial charge in [-0.05, 0) is 31.1 Å². The third-order valence-electron chi connectivity index (χ3n) is 4.17. The monoisotopic (exact) mass is 284 g/mol. The van der Waals surface area contributed by atoms with E-state index in [1.165, 1.54) is 25.7 Å². The van der Waals surface area contributed by atoms with Crippen LogP contribution >= 0.6 is 0 Å². The van der Waals surface area contributed by atoms with Gasteiger partial charge in [0.2, 0.25) is 0 Å². The first-order chi connectivity index (χ1) is 9.59. The number of unbranched alkanes of at least 4 members (excludes halogenated alkanes) is 2. The molecule has 0 aromatic carbocycles. The summed E-state index contributed by atoms with van der Waals surface area (Å²) in [5.74, 6) is 0.572. The van der Waals surface area contributed by atoms with Crippen molar-refractivity contribution >= 4 is 12.0 Å². The van der Waals surface area contributed by atoms with Crippen LogP contribution in [0.2, 0.25) is 0 Å². The van der Waals surface area contributed by atoms with E-state index in [2.05, 4.69) is 17.6 Å². The van der Waals surface area contributed by atoms with Gasteiger partial charge in [-0.2, -0.15) is 0 Å². The molecule has 1 saturated carbocycles. The molecule has 1 fully saturated rings. The van der Waals surface area contributed by atoms with Crippen molar-refractivity contribution in [2.45, 2.75) is 58.3 Å². The lowest BCUT2D eigenvalue weighted by Gasteiger charge is -2.28. The summed E-state index contributed by atoms with van der Waals surface area (Å²) in [7, 11) is 0. The molecular weight excluding hydrogens is 256 g/mol. The lowest BCUT2D eigenvalue weighted by molar-refractivity contribution is -0.137. The second kappa shape index (κ2) is 9.61. The smallest absolute Gasteiger partial charge is 0.314 e. The molecule has 5 heteroatoms. The highest BCUT2D eigenvalue weighted by atomic mass is 16.4. The van der Waals surface area contributed by atoms with Gasteiger partial charge in [-0.1, -0.05) is 32.6 Å². The van der Waals surface area contributed by atoms with Crippen molar-refractivity contribution < 1.29 is 14.7 Å². The molecule has 2 amide bonds. The summed E-state index contributed by atoms with van der Waals surface area (Å²) in [5.41, 5.74) is 0. The zero-order valence-corrected chi connectivity index (χ0v) is 12.5. The maximum atomic E-state index is 11.6. The van der Waals surface area contributed by atoms with Crippen molar-refractivity contribution in [3.63, 3.8) is 0 Å². The van der Waals surface area contributed by atoms with Crippen molar-refractivity contribution in [2.24, 2.45) is 11.8 Å². The third-order valence-corrected chi connectivity index (χ3v) is 4.17. The van der Waals surface area contributed by atoms with Crippen LogP contribution in [0.15, 0.2) is 0 Å². The molecule has 0 spiro atoms. The predicted octanol–water partition coefficient (Wildman–Crippen LogP) is 2.76. The molecule has 0 bridgehead atoms. The van der Waals surface area contributed by atoms with E-state index in [4.69, 9.17) is 5.11 Å². The van der Waals surface area contributed by atoms with Gasteiger partial charge in [-0.15, -0.1) is 0 Å². The van der Waals surface area contributed by atoms with Gasteiger partial charge < -0.3 is 15.7 Å². The fraction of sp³-hybridized carbons (Fsp3) is 0.867. The van der Waals surface area contributed by atoms with Gasteiger partial charge >= 0.3 is 12.0 Å². The van der Waals surface area contributed by atoms with E-state index in [1.54, 1.807) is 0 Å². The Hall–Kier alpha value is -1.26. The molecule has 1 aliphatic carbocycles. The van der Waals surface area contributed by atoms with E-state index < -0.39 is 5.97 Å². The van der Waals surface area contributed by atoms with Crippen LogP contribution in [-0.4, -0.2) is 30.2 Å². The highest BCUT2D eigenvalue weighted by molar-refractivity contribution is 5.73. The maximum absolute atomic E-state index is 11.6. The number of nitrogens with one attached hydrogen (secondary N) is 2. The number of carbonyl (C=O) groups is 2. The van der Waals surface area contributed by atoms with Crippen molar-refractivity contribution in [2.75, 3.05) is 13.1 Å². The molecule has 3 N–H and O–H groups in total. The first kappa shape index (κ1) is 16.8. The molecule has 0 radical (unpaired) electrons. The molecule has 2 atom stereocenters. The molecule has 0 saturated heterocycles. The first-order valence-electron chi connectivity index (χ1n) is 7.83. The van der Waals surface area contributed by atoms with Gasteiger partial charge in [-0.25, -0.2) is 4.79 Å². The zero-order chi connectivity index (χ0) is 14.8. The Kier molecular flexibility index (Phi) is 8.07. The number of carboxylic acids is 1. The van der Waals surface area contributed by atoms with Gasteiger partial charge in [0.05, 0.1) is 0 Å². The molecule has 116 valence electrons. The number of amides is 2. The van der Waals surface area contributed by atoms with Crippen LogP contribution in [0.4, 0.5) is 4.79 Å². The average Bonchev–Trinajstić information content (AvgIpc) is 2.41. The minimum atomic E-state index is -0.752. The van der Waals surface area contributed by atoms with Crippen LogP contribution < -0.4 is 10.6 Å². The largest absolute Gasteiger partial charge is 0.481 e. The number of hydrogen-bond donors (Lipinski definition) is 3. The molecule has 0 heterocycles. The standard InChI is InChI=1S/C15H28N2O3/c1-12-7-4-5-8-13(12)11-17-15(20)16-10-6-2-3-9-14(18)19/h12-13H,2-11H2,1H3,(H,18,19)(H2,16,17,20). The van der Waals surface area contributed by atoms with Crippen LogP contribution in [0.5, 0.6) is 0 Å². The lowest BCUT2D eigenvalue weighted by Crippen LogP contribution is -2.40. The van der Waals surface area contributed by atoms with Crippen molar-refractivity contribution in [1.29, 1.82) is 0 Å². The molecular formula is C15H28N2O3. The third kappa shape index (κ3) is 7.36. The fourth-order valence-electron chi connectivity index (χ4n) is 2.76. The highest BCUT2D eigenvalue weighted by Gasteiger charge is 2.21. The molecule has 5 nitrogen and oxygen atoms in total. The minimum absolute atomic E-state index is 0.0963. The Morgan fingerprint density at radius 3 is 2.55 bits per heavy atom. The second-order valence-corrected chi connectivity index (χ2v) is 5.86. The zero-order valence-electron chi connectivity index (χ0n) is 12.5. The van der Waals surface area contributed by atoms with Gasteiger partial charge in [0.1, 0.15) is 0 Å². The van der Waals surface area contributed by atoms with E-state index in [0.717, 1.165) is 19.4 Å². The number of carbonyl (C=O) groups excluding carboxylic acids is 1. The Morgan fingerprint density at radius 1 is 1.10 bits per heavy atom. The number of hydrogen-bond acceptors (Lipinski definition) is 2. The molecule has 0 aromatic rings. The molecule has 2 unspecified atom stereocenters. The first-order valence-corrected chi connectivity index (χ1v) is 7.83. The van der Waals surface area contributed by atoms with Crippen LogP contribution in [0.25, 0.3) is 0 Å². The van der Waals surface area contributed by atoms with Gasteiger partial charge in [-0.3, -0.25) is 4.79 Å².